The van der Waals surface area contributed by atoms with Gasteiger partial charge < -0.3 is 9.72 Å². The number of hydrogen-bond donors (Lipinski definition) is 1. The molecule has 0 saturated carbocycles. The second-order valence-corrected chi connectivity index (χ2v) is 7.21. The van der Waals surface area contributed by atoms with Gasteiger partial charge in [-0.1, -0.05) is 30.3 Å². The van der Waals surface area contributed by atoms with E-state index in [1.165, 1.54) is 0 Å². The summed E-state index contributed by atoms with van der Waals surface area (Å²) in [6.45, 7) is 0. The molecule has 4 rings (SSSR count). The summed E-state index contributed by atoms with van der Waals surface area (Å²) in [5, 5.41) is 0. The summed E-state index contributed by atoms with van der Waals surface area (Å²) < 4.78 is 17.2. The van der Waals surface area contributed by atoms with Gasteiger partial charge in [-0.15, -0.1) is 0 Å². The van der Waals surface area contributed by atoms with E-state index >= 15 is 0 Å². The van der Waals surface area contributed by atoms with Gasteiger partial charge in [0.1, 0.15) is 11.6 Å². The number of nitrogens with zero attached hydrogens (tertiary/aromatic N) is 2. The van der Waals surface area contributed by atoms with Crippen LogP contribution in [0, 0.1) is 0 Å². The van der Waals surface area contributed by atoms with Crippen molar-refractivity contribution in [3.8, 4) is 28.4 Å². The van der Waals surface area contributed by atoms with Crippen molar-refractivity contribution in [2.45, 2.75) is 4.90 Å². The summed E-state index contributed by atoms with van der Waals surface area (Å²) in [6.07, 6.45) is 1.64. The Morgan fingerprint density at radius 2 is 1.81 bits per heavy atom. The predicted molar refractivity (Wildman–Crippen MR) is 104 cm³/mol. The number of methoxy groups -OCH3 is 1. The van der Waals surface area contributed by atoms with Crippen LogP contribution in [-0.4, -0.2) is 32.5 Å². The lowest BCUT2D eigenvalue weighted by atomic mass is 10.1. The number of imidazole rings is 1. The fourth-order valence-electron chi connectivity index (χ4n) is 2.84. The van der Waals surface area contributed by atoms with Crippen LogP contribution in [0.2, 0.25) is 0 Å². The standard InChI is InChI=1S/C20H17N3O2S/c1-25-18-12-14(26(2)24)8-9-15(18)19-22-17-11-10-16(21-20(17)23-19)13-6-4-3-5-7-13/h3-12H,1-2H3,(H,21,22,23). The molecule has 1 unspecified atom stereocenters. The summed E-state index contributed by atoms with van der Waals surface area (Å²) in [4.78, 5) is 13.3. The minimum Gasteiger partial charge on any atom is -0.496 e. The summed E-state index contributed by atoms with van der Waals surface area (Å²) in [7, 11) is 0.525. The number of rotatable bonds is 4. The van der Waals surface area contributed by atoms with Crippen molar-refractivity contribution in [1.82, 2.24) is 15.0 Å². The van der Waals surface area contributed by atoms with E-state index in [1.54, 1.807) is 19.4 Å². The molecule has 26 heavy (non-hydrogen) atoms. The third kappa shape index (κ3) is 2.99. The first-order chi connectivity index (χ1) is 12.7. The first-order valence-corrected chi connectivity index (χ1v) is 9.65. The molecule has 0 radical (unpaired) electrons. The minimum atomic E-state index is -1.07. The molecule has 0 bridgehead atoms. The maximum absolute atomic E-state index is 11.7. The number of aromatic nitrogens is 3. The molecule has 0 saturated heterocycles. The van der Waals surface area contributed by atoms with Gasteiger partial charge in [0.15, 0.2) is 5.65 Å². The zero-order valence-corrected chi connectivity index (χ0v) is 15.2. The Kier molecular flexibility index (Phi) is 4.26. The Morgan fingerprint density at radius 3 is 2.54 bits per heavy atom. The highest BCUT2D eigenvalue weighted by molar-refractivity contribution is 7.84. The molecule has 130 valence electrons. The van der Waals surface area contributed by atoms with E-state index in [2.05, 4.69) is 15.0 Å². The van der Waals surface area contributed by atoms with Crippen LogP contribution in [0.1, 0.15) is 0 Å². The highest BCUT2D eigenvalue weighted by Gasteiger charge is 2.13. The first kappa shape index (κ1) is 16.5. The minimum absolute atomic E-state index is 0.625. The third-order valence-electron chi connectivity index (χ3n) is 4.18. The van der Waals surface area contributed by atoms with Crippen LogP contribution >= 0.6 is 0 Å². The summed E-state index contributed by atoms with van der Waals surface area (Å²) >= 11 is 0. The van der Waals surface area contributed by atoms with E-state index in [9.17, 15) is 4.21 Å². The lowest BCUT2D eigenvalue weighted by Gasteiger charge is -2.07. The van der Waals surface area contributed by atoms with Crippen LogP contribution in [0.4, 0.5) is 0 Å². The van der Waals surface area contributed by atoms with Crippen LogP contribution in [-0.2, 0) is 10.8 Å². The van der Waals surface area contributed by atoms with Crippen LogP contribution < -0.4 is 4.74 Å². The van der Waals surface area contributed by atoms with Crippen LogP contribution in [0.25, 0.3) is 33.8 Å². The molecule has 2 heterocycles. The maximum Gasteiger partial charge on any atom is 0.178 e. The zero-order chi connectivity index (χ0) is 18.1. The Balaban J connectivity index is 1.80. The van der Waals surface area contributed by atoms with Gasteiger partial charge in [0.2, 0.25) is 0 Å². The van der Waals surface area contributed by atoms with Crippen LogP contribution in [0.15, 0.2) is 65.6 Å². The van der Waals surface area contributed by atoms with Gasteiger partial charge in [-0.2, -0.15) is 0 Å². The van der Waals surface area contributed by atoms with Crippen molar-refractivity contribution in [2.75, 3.05) is 13.4 Å². The molecule has 0 aliphatic rings. The molecule has 2 aromatic carbocycles. The van der Waals surface area contributed by atoms with Crippen LogP contribution in [0.5, 0.6) is 5.75 Å². The highest BCUT2D eigenvalue weighted by atomic mass is 32.2. The topological polar surface area (TPSA) is 67.9 Å². The molecule has 2 aromatic heterocycles. The van der Waals surface area contributed by atoms with E-state index < -0.39 is 10.8 Å². The number of nitrogens with one attached hydrogen (secondary N) is 1. The number of ether oxygens (including phenoxy) is 1. The van der Waals surface area contributed by atoms with Gasteiger partial charge >= 0.3 is 0 Å². The Morgan fingerprint density at radius 1 is 1.00 bits per heavy atom. The number of hydrogen-bond acceptors (Lipinski definition) is 4. The van der Waals surface area contributed by atoms with E-state index in [0.29, 0.717) is 22.1 Å². The molecular formula is C20H17N3O2S. The quantitative estimate of drug-likeness (QED) is 0.594. The smallest absolute Gasteiger partial charge is 0.178 e. The van der Waals surface area contributed by atoms with E-state index in [4.69, 9.17) is 4.74 Å². The molecule has 4 aromatic rings. The zero-order valence-electron chi connectivity index (χ0n) is 14.4. The van der Waals surface area contributed by atoms with Crippen molar-refractivity contribution < 1.29 is 8.95 Å². The van der Waals surface area contributed by atoms with Gasteiger partial charge in [0.05, 0.1) is 23.9 Å². The van der Waals surface area contributed by atoms with Gasteiger partial charge in [0, 0.05) is 27.5 Å². The van der Waals surface area contributed by atoms with Crippen molar-refractivity contribution in [3.63, 3.8) is 0 Å². The molecule has 0 spiro atoms. The van der Waals surface area contributed by atoms with Gasteiger partial charge in [-0.05, 0) is 30.3 Å². The lowest BCUT2D eigenvalue weighted by Crippen LogP contribution is -1.93. The number of H-pyrrole nitrogens is 1. The second kappa shape index (κ2) is 6.72. The predicted octanol–water partition coefficient (Wildman–Crippen LogP) is 4.04. The number of fused-ring (bicyclic) bond motifs is 1. The van der Waals surface area contributed by atoms with E-state index in [1.807, 2.05) is 54.6 Å². The maximum atomic E-state index is 11.7. The van der Waals surface area contributed by atoms with Crippen molar-refractivity contribution in [1.29, 1.82) is 0 Å². The average molecular weight is 363 g/mol. The van der Waals surface area contributed by atoms with E-state index in [-0.39, 0.29) is 0 Å². The molecule has 6 heteroatoms. The number of pyridine rings is 1. The average Bonchev–Trinajstić information content (AvgIpc) is 3.11. The first-order valence-electron chi connectivity index (χ1n) is 8.10. The molecule has 0 amide bonds. The van der Waals surface area contributed by atoms with Gasteiger partial charge in [0.25, 0.3) is 0 Å². The monoisotopic (exact) mass is 363 g/mol. The molecule has 0 fully saturated rings. The lowest BCUT2D eigenvalue weighted by molar-refractivity contribution is 0.415. The molecule has 5 nitrogen and oxygen atoms in total. The Labute approximate surface area is 153 Å². The number of benzene rings is 2. The summed E-state index contributed by atoms with van der Waals surface area (Å²) in [5.74, 6) is 1.29. The second-order valence-electron chi connectivity index (χ2n) is 5.84. The molecule has 0 aliphatic heterocycles. The third-order valence-corrected chi connectivity index (χ3v) is 5.09. The summed E-state index contributed by atoms with van der Waals surface area (Å²) in [6, 6.07) is 19.4. The van der Waals surface area contributed by atoms with Gasteiger partial charge in [-0.3, -0.25) is 4.21 Å². The largest absolute Gasteiger partial charge is 0.496 e. The Bertz CT molecular complexity index is 1110. The Hall–Kier alpha value is -2.99. The van der Waals surface area contributed by atoms with Crippen molar-refractivity contribution in [3.05, 3.63) is 60.7 Å². The van der Waals surface area contributed by atoms with E-state index in [0.717, 1.165) is 22.3 Å². The number of aromatic amines is 1. The fraction of sp³-hybridized carbons (Fsp3) is 0.100. The molecule has 1 N–H and O–H groups in total. The normalized spacial score (nSPS) is 12.2. The van der Waals surface area contributed by atoms with Crippen molar-refractivity contribution in [2.24, 2.45) is 0 Å². The fourth-order valence-corrected chi connectivity index (χ4v) is 3.37. The molecule has 0 aliphatic carbocycles. The highest BCUT2D eigenvalue weighted by Crippen LogP contribution is 2.31. The molecule has 1 atom stereocenters. The van der Waals surface area contributed by atoms with Crippen LogP contribution in [0.3, 0.4) is 0 Å². The van der Waals surface area contributed by atoms with Crippen molar-refractivity contribution >= 4 is 22.0 Å². The van der Waals surface area contributed by atoms with Gasteiger partial charge in [-0.25, -0.2) is 9.97 Å². The summed E-state index contributed by atoms with van der Waals surface area (Å²) in [5.41, 5.74) is 4.23. The molecular weight excluding hydrogens is 346 g/mol. The SMILES string of the molecule is COc1cc(S(C)=O)ccc1-c1nc2nc(-c3ccccc3)ccc2[nH]1.